The third kappa shape index (κ3) is 4.00. The van der Waals surface area contributed by atoms with Crippen molar-refractivity contribution in [3.63, 3.8) is 0 Å². The predicted molar refractivity (Wildman–Crippen MR) is 100 cm³/mol. The van der Waals surface area contributed by atoms with E-state index in [1.54, 1.807) is 0 Å². The molecule has 3 rings (SSSR count). The minimum Gasteiger partial charge on any atom is -0.488 e. The van der Waals surface area contributed by atoms with E-state index in [0.717, 1.165) is 39.8 Å². The topological polar surface area (TPSA) is 35.5 Å². The van der Waals surface area contributed by atoms with Crippen LogP contribution in [-0.4, -0.2) is 12.4 Å². The van der Waals surface area contributed by atoms with E-state index in [1.807, 2.05) is 60.7 Å². The second-order valence-corrected chi connectivity index (χ2v) is 6.03. The molecule has 0 radical (unpaired) electrons. The number of carbonyl (C=O) groups excluding carboxylic acids is 1. The summed E-state index contributed by atoms with van der Waals surface area (Å²) in [6.07, 6.45) is 0.805. The highest BCUT2D eigenvalue weighted by molar-refractivity contribution is 5.94. The van der Waals surface area contributed by atoms with Crippen LogP contribution in [0, 0.1) is 0 Å². The maximum absolute atomic E-state index is 11.3. The Morgan fingerprint density at radius 3 is 2.28 bits per heavy atom. The molecule has 0 aromatic heterocycles. The Morgan fingerprint density at radius 2 is 1.60 bits per heavy atom. The van der Waals surface area contributed by atoms with Crippen molar-refractivity contribution in [2.75, 3.05) is 6.61 Å². The van der Waals surface area contributed by atoms with Gasteiger partial charge in [-0.1, -0.05) is 61.5 Å². The second kappa shape index (κ2) is 7.84. The van der Waals surface area contributed by atoms with Crippen LogP contribution in [0.5, 0.6) is 11.5 Å². The summed E-state index contributed by atoms with van der Waals surface area (Å²) < 4.78 is 11.9. The van der Waals surface area contributed by atoms with Crippen molar-refractivity contribution in [2.24, 2.45) is 0 Å². The molecule has 0 bridgehead atoms. The van der Waals surface area contributed by atoms with Gasteiger partial charge >= 0.3 is 0 Å². The van der Waals surface area contributed by atoms with Gasteiger partial charge in [-0.25, -0.2) is 0 Å². The molecule has 128 valence electrons. The Kier molecular flexibility index (Phi) is 5.34. The number of aryl methyl sites for hydroxylation is 1. The van der Waals surface area contributed by atoms with Crippen LogP contribution in [0.25, 0.3) is 10.8 Å². The molecule has 25 heavy (non-hydrogen) atoms. The van der Waals surface area contributed by atoms with Crippen LogP contribution >= 0.6 is 0 Å². The first-order chi connectivity index (χ1) is 12.2. The van der Waals surface area contributed by atoms with E-state index >= 15 is 0 Å². The first-order valence-corrected chi connectivity index (χ1v) is 8.52. The van der Waals surface area contributed by atoms with Crippen LogP contribution < -0.4 is 9.47 Å². The van der Waals surface area contributed by atoms with Crippen LogP contribution in [0.4, 0.5) is 0 Å². The minimum absolute atomic E-state index is 0.00976. The monoisotopic (exact) mass is 334 g/mol. The standard InChI is InChI=1S/C22H22O3/c1-3-18-13-21(24-15-17-9-5-4-6-10-17)19-11-7-8-12-20(19)22(18)25-14-16(2)23/h4-13H,3,14-15H2,1-2H3. The van der Waals surface area contributed by atoms with Crippen molar-refractivity contribution >= 4 is 16.6 Å². The molecular weight excluding hydrogens is 312 g/mol. The summed E-state index contributed by atoms with van der Waals surface area (Å²) in [5.41, 5.74) is 2.17. The van der Waals surface area contributed by atoms with E-state index in [2.05, 4.69) is 6.92 Å². The van der Waals surface area contributed by atoms with Crippen molar-refractivity contribution in [3.05, 3.63) is 71.8 Å². The van der Waals surface area contributed by atoms with Gasteiger partial charge in [0.05, 0.1) is 0 Å². The summed E-state index contributed by atoms with van der Waals surface area (Å²) >= 11 is 0. The van der Waals surface area contributed by atoms with Crippen molar-refractivity contribution in [2.45, 2.75) is 26.9 Å². The first-order valence-electron chi connectivity index (χ1n) is 8.52. The van der Waals surface area contributed by atoms with Crippen molar-refractivity contribution < 1.29 is 14.3 Å². The summed E-state index contributed by atoms with van der Waals surface area (Å²) in [4.78, 5) is 11.3. The van der Waals surface area contributed by atoms with Gasteiger partial charge in [-0.05, 0) is 30.5 Å². The molecule has 0 amide bonds. The average Bonchev–Trinajstić information content (AvgIpc) is 2.65. The third-order valence-electron chi connectivity index (χ3n) is 4.07. The summed E-state index contributed by atoms with van der Waals surface area (Å²) in [6, 6.07) is 20.1. The lowest BCUT2D eigenvalue weighted by Crippen LogP contribution is -2.08. The minimum atomic E-state index is 0.00976. The molecule has 3 aromatic rings. The van der Waals surface area contributed by atoms with E-state index in [-0.39, 0.29) is 12.4 Å². The number of rotatable bonds is 7. The van der Waals surface area contributed by atoms with Gasteiger partial charge in [-0.3, -0.25) is 4.79 Å². The molecule has 0 unspecified atom stereocenters. The van der Waals surface area contributed by atoms with Gasteiger partial charge in [0, 0.05) is 10.8 Å². The number of fused-ring (bicyclic) bond motifs is 1. The van der Waals surface area contributed by atoms with Gasteiger partial charge in [0.25, 0.3) is 0 Å². The molecular formula is C22H22O3. The number of ketones is 1. The molecule has 0 aliphatic rings. The van der Waals surface area contributed by atoms with Crippen molar-refractivity contribution in [1.82, 2.24) is 0 Å². The second-order valence-electron chi connectivity index (χ2n) is 6.03. The maximum Gasteiger partial charge on any atom is 0.167 e. The molecule has 0 fully saturated rings. The molecule has 3 heteroatoms. The van der Waals surface area contributed by atoms with Crippen molar-refractivity contribution in [3.8, 4) is 11.5 Å². The summed E-state index contributed by atoms with van der Waals surface area (Å²) in [7, 11) is 0. The van der Waals surface area contributed by atoms with Crippen LogP contribution in [0.2, 0.25) is 0 Å². The van der Waals surface area contributed by atoms with Gasteiger partial charge in [0.1, 0.15) is 24.7 Å². The third-order valence-corrected chi connectivity index (χ3v) is 4.07. The predicted octanol–water partition coefficient (Wildman–Crippen LogP) is 4.95. The van der Waals surface area contributed by atoms with E-state index in [4.69, 9.17) is 9.47 Å². The number of ether oxygens (including phenoxy) is 2. The molecule has 0 spiro atoms. The lowest BCUT2D eigenvalue weighted by atomic mass is 10.0. The normalized spacial score (nSPS) is 10.6. The lowest BCUT2D eigenvalue weighted by molar-refractivity contribution is -0.118. The van der Waals surface area contributed by atoms with E-state index in [0.29, 0.717) is 6.61 Å². The van der Waals surface area contributed by atoms with Gasteiger partial charge in [-0.15, -0.1) is 0 Å². The van der Waals surface area contributed by atoms with Gasteiger partial charge in [0.2, 0.25) is 0 Å². The van der Waals surface area contributed by atoms with Crippen LogP contribution in [-0.2, 0) is 17.8 Å². The molecule has 0 saturated carbocycles. The maximum atomic E-state index is 11.3. The molecule has 0 aliphatic carbocycles. The molecule has 3 aromatic carbocycles. The molecule has 0 heterocycles. The smallest absolute Gasteiger partial charge is 0.167 e. The average molecular weight is 334 g/mol. The molecule has 0 atom stereocenters. The summed E-state index contributed by atoms with van der Waals surface area (Å²) in [5.74, 6) is 1.63. The Hall–Kier alpha value is -2.81. The SMILES string of the molecule is CCc1cc(OCc2ccccc2)c2ccccc2c1OCC(C)=O. The number of Topliss-reactive ketones (excluding diaryl/α,β-unsaturated/α-hetero) is 1. The van der Waals surface area contributed by atoms with E-state index in [9.17, 15) is 4.79 Å². The molecule has 0 aliphatic heterocycles. The zero-order valence-corrected chi connectivity index (χ0v) is 14.6. The van der Waals surface area contributed by atoms with Crippen molar-refractivity contribution in [1.29, 1.82) is 0 Å². The first kappa shape index (κ1) is 17.0. The number of hydrogen-bond acceptors (Lipinski definition) is 3. The Labute approximate surface area is 148 Å². The van der Waals surface area contributed by atoms with Crippen LogP contribution in [0.1, 0.15) is 25.0 Å². The number of benzene rings is 3. The quantitative estimate of drug-likeness (QED) is 0.613. The summed E-state index contributed by atoms with van der Waals surface area (Å²) in [6.45, 7) is 4.21. The van der Waals surface area contributed by atoms with Crippen LogP contribution in [0.15, 0.2) is 60.7 Å². The highest BCUT2D eigenvalue weighted by atomic mass is 16.5. The van der Waals surface area contributed by atoms with Gasteiger partial charge < -0.3 is 9.47 Å². The van der Waals surface area contributed by atoms with Gasteiger partial charge in [-0.2, -0.15) is 0 Å². The Bertz CT molecular complexity index is 869. The Balaban J connectivity index is 1.98. The fourth-order valence-electron chi connectivity index (χ4n) is 2.83. The fraction of sp³-hybridized carbons (Fsp3) is 0.227. The number of hydrogen-bond donors (Lipinski definition) is 0. The number of carbonyl (C=O) groups is 1. The largest absolute Gasteiger partial charge is 0.488 e. The zero-order chi connectivity index (χ0) is 17.6. The molecule has 0 N–H and O–H groups in total. The van der Waals surface area contributed by atoms with E-state index < -0.39 is 0 Å². The lowest BCUT2D eigenvalue weighted by Gasteiger charge is -2.17. The van der Waals surface area contributed by atoms with Crippen LogP contribution in [0.3, 0.4) is 0 Å². The highest BCUT2D eigenvalue weighted by Crippen LogP contribution is 2.37. The Morgan fingerprint density at radius 1 is 0.920 bits per heavy atom. The summed E-state index contributed by atoms with van der Waals surface area (Å²) in [5, 5.41) is 1.97. The van der Waals surface area contributed by atoms with Gasteiger partial charge in [0.15, 0.2) is 5.78 Å². The highest BCUT2D eigenvalue weighted by Gasteiger charge is 2.14. The van der Waals surface area contributed by atoms with E-state index in [1.165, 1.54) is 6.92 Å². The molecule has 0 saturated heterocycles. The molecule has 3 nitrogen and oxygen atoms in total. The zero-order valence-electron chi connectivity index (χ0n) is 14.6. The fourth-order valence-corrected chi connectivity index (χ4v) is 2.83.